The molecule has 2 aromatic heterocycles. The second-order valence-corrected chi connectivity index (χ2v) is 18.3. The summed E-state index contributed by atoms with van der Waals surface area (Å²) in [7, 11) is 0. The predicted molar refractivity (Wildman–Crippen MR) is 288 cm³/mol. The van der Waals surface area contributed by atoms with E-state index in [0.717, 1.165) is 39.5 Å². The molecule has 0 spiro atoms. The highest BCUT2D eigenvalue weighted by Crippen LogP contribution is 2.44. The van der Waals surface area contributed by atoms with Crippen molar-refractivity contribution < 1.29 is 4.42 Å². The highest BCUT2D eigenvalue weighted by atomic mass is 32.1. The topological polar surface area (TPSA) is 16.4 Å². The van der Waals surface area contributed by atoms with Crippen LogP contribution in [0.3, 0.4) is 0 Å². The smallest absolute Gasteiger partial charge is 0.133 e. The average molecular weight is 872 g/mol. The molecule has 13 rings (SSSR count). The van der Waals surface area contributed by atoms with Gasteiger partial charge in [-0.25, -0.2) is 0 Å². The van der Waals surface area contributed by atoms with E-state index < -0.39 is 0 Å². The zero-order valence-electron chi connectivity index (χ0n) is 36.4. The van der Waals surface area contributed by atoms with Crippen LogP contribution >= 0.6 is 11.3 Å². The van der Waals surface area contributed by atoms with Crippen LogP contribution in [0.4, 0.5) is 17.1 Å². The quantitative estimate of drug-likeness (QED) is 0.166. The van der Waals surface area contributed by atoms with Gasteiger partial charge in [0.1, 0.15) is 5.76 Å². The second kappa shape index (κ2) is 16.2. The lowest BCUT2D eigenvalue weighted by atomic mass is 9.93. The molecule has 0 fully saturated rings. The SMILES string of the molecule is c1ccc(-c2ccc(N(c3ccc(-c4cccc(-c5ccco5)c4)cc3)c3ccc4c5ccccc5c5ccccc5c5ccccc5c5cc6sc7ccccc7c6cc5c4c3)cc2)cc1. The van der Waals surface area contributed by atoms with Crippen molar-refractivity contribution in [2.75, 3.05) is 4.90 Å². The minimum Gasteiger partial charge on any atom is -0.464 e. The Balaban J connectivity index is 1.11. The van der Waals surface area contributed by atoms with E-state index in [1.807, 2.05) is 23.5 Å². The minimum atomic E-state index is 0.860. The third-order valence-electron chi connectivity index (χ3n) is 13.4. The van der Waals surface area contributed by atoms with Crippen LogP contribution in [-0.2, 0) is 0 Å². The van der Waals surface area contributed by atoms with Crippen molar-refractivity contribution in [2.45, 2.75) is 0 Å². The van der Waals surface area contributed by atoms with E-state index in [9.17, 15) is 0 Å². The molecule has 0 saturated heterocycles. The Kier molecular flexibility index (Phi) is 9.40. The van der Waals surface area contributed by atoms with Crippen molar-refractivity contribution in [3.8, 4) is 33.6 Å². The van der Waals surface area contributed by atoms with Crippen molar-refractivity contribution in [3.63, 3.8) is 0 Å². The van der Waals surface area contributed by atoms with Crippen LogP contribution in [0, 0.1) is 0 Å². The zero-order chi connectivity index (χ0) is 44.3. The molecule has 0 atom stereocenters. The number of hydrogen-bond acceptors (Lipinski definition) is 3. The normalized spacial score (nSPS) is 11.6. The van der Waals surface area contributed by atoms with Gasteiger partial charge in [-0.1, -0.05) is 170 Å². The summed E-state index contributed by atoms with van der Waals surface area (Å²) in [6.45, 7) is 0. The Morgan fingerprint density at radius 1 is 0.254 bits per heavy atom. The summed E-state index contributed by atoms with van der Waals surface area (Å²) in [5.74, 6) is 0.860. The van der Waals surface area contributed by atoms with E-state index >= 15 is 0 Å². The predicted octanol–water partition coefficient (Wildman–Crippen LogP) is 19.0. The number of hydrogen-bond donors (Lipinski definition) is 0. The minimum absolute atomic E-state index is 0.860. The molecule has 0 bridgehead atoms. The van der Waals surface area contributed by atoms with Gasteiger partial charge in [-0.05, 0) is 149 Å². The number of anilines is 3. The van der Waals surface area contributed by atoms with Crippen LogP contribution in [0.2, 0.25) is 0 Å². The Morgan fingerprint density at radius 3 is 1.33 bits per heavy atom. The van der Waals surface area contributed by atoms with Crippen molar-refractivity contribution in [1.29, 1.82) is 0 Å². The maximum Gasteiger partial charge on any atom is 0.133 e. The van der Waals surface area contributed by atoms with Gasteiger partial charge in [0.25, 0.3) is 0 Å². The number of fused-ring (bicyclic) bond motifs is 13. The Labute approximate surface area is 392 Å². The molecule has 13 aromatic rings. The van der Waals surface area contributed by atoms with Crippen LogP contribution in [0.1, 0.15) is 0 Å². The maximum absolute atomic E-state index is 5.77. The van der Waals surface area contributed by atoms with Gasteiger partial charge >= 0.3 is 0 Å². The first kappa shape index (κ1) is 38.9. The fourth-order valence-electron chi connectivity index (χ4n) is 10.2. The summed E-state index contributed by atoms with van der Waals surface area (Å²) in [5.41, 5.74) is 8.92. The largest absolute Gasteiger partial charge is 0.464 e. The highest BCUT2D eigenvalue weighted by Gasteiger charge is 2.18. The fourth-order valence-corrected chi connectivity index (χ4v) is 11.3. The van der Waals surface area contributed by atoms with Crippen molar-refractivity contribution in [3.05, 3.63) is 249 Å². The first-order chi connectivity index (χ1) is 33.2. The number of rotatable bonds is 6. The van der Waals surface area contributed by atoms with E-state index in [4.69, 9.17) is 4.42 Å². The lowest BCUT2D eigenvalue weighted by Crippen LogP contribution is -2.09. The molecule has 0 aliphatic carbocycles. The second-order valence-electron chi connectivity index (χ2n) is 17.2. The molecule has 3 heteroatoms. The number of thiophene rings is 1. The zero-order valence-corrected chi connectivity index (χ0v) is 37.3. The molecule has 0 aliphatic heterocycles. The summed E-state index contributed by atoms with van der Waals surface area (Å²) in [5, 5.41) is 14.7. The van der Waals surface area contributed by atoms with Gasteiger partial charge in [0.15, 0.2) is 0 Å². The number of furan rings is 1. The monoisotopic (exact) mass is 871 g/mol. The standard InChI is InChI=1S/C64H41NOS/c1-2-14-42(15-3-1)43-27-31-47(32-28-43)65(48-33-29-44(30-34-48)45-16-12-17-46(38-45)62-25-13-37-66-62)49-35-36-56-54-22-7-6-20-52(54)50-18-4-5-19-51(50)53-21-8-9-23-55(53)60-41-64-61(40-59(60)58(56)39-49)57-24-10-11-26-63(57)67-64/h1-41H. The van der Waals surface area contributed by atoms with Crippen LogP contribution in [0.15, 0.2) is 253 Å². The van der Waals surface area contributed by atoms with Crippen LogP contribution < -0.4 is 4.90 Å². The summed E-state index contributed by atoms with van der Waals surface area (Å²) >= 11 is 1.87. The van der Waals surface area contributed by atoms with Crippen LogP contribution in [0.25, 0.3) is 108 Å². The third kappa shape index (κ3) is 6.79. The van der Waals surface area contributed by atoms with Gasteiger partial charge in [0.05, 0.1) is 6.26 Å². The lowest BCUT2D eigenvalue weighted by Gasteiger charge is -2.26. The van der Waals surface area contributed by atoms with Crippen molar-refractivity contribution in [2.24, 2.45) is 0 Å². The lowest BCUT2D eigenvalue weighted by molar-refractivity contribution is 0.582. The molecule has 0 aliphatic rings. The van der Waals surface area contributed by atoms with Crippen molar-refractivity contribution >= 4 is 102 Å². The van der Waals surface area contributed by atoms with Crippen LogP contribution in [0.5, 0.6) is 0 Å². The average Bonchev–Trinajstić information content (AvgIpc) is 4.08. The molecular formula is C64H41NOS. The first-order valence-corrected chi connectivity index (χ1v) is 23.6. The molecular weight excluding hydrogens is 831 g/mol. The molecule has 0 unspecified atom stereocenters. The molecule has 11 aromatic carbocycles. The molecule has 2 heterocycles. The molecule has 0 amide bonds. The van der Waals surface area contributed by atoms with E-state index in [1.54, 1.807) is 6.26 Å². The summed E-state index contributed by atoms with van der Waals surface area (Å²) in [6, 6.07) is 88.8. The Bertz CT molecular complexity index is 4080. The molecule has 0 N–H and O–H groups in total. The summed E-state index contributed by atoms with van der Waals surface area (Å²) in [6.07, 6.45) is 1.73. The fraction of sp³-hybridized carbons (Fsp3) is 0. The van der Waals surface area contributed by atoms with E-state index in [0.29, 0.717) is 0 Å². The van der Waals surface area contributed by atoms with Crippen molar-refractivity contribution in [1.82, 2.24) is 0 Å². The molecule has 2 nitrogen and oxygen atoms in total. The number of benzene rings is 10. The molecule has 67 heavy (non-hydrogen) atoms. The molecule has 314 valence electrons. The maximum atomic E-state index is 5.77. The van der Waals surface area contributed by atoms with Gasteiger partial charge in [-0.2, -0.15) is 0 Å². The van der Waals surface area contributed by atoms with E-state index in [-0.39, 0.29) is 0 Å². The highest BCUT2D eigenvalue weighted by molar-refractivity contribution is 7.25. The van der Waals surface area contributed by atoms with Gasteiger partial charge in [0, 0.05) is 42.8 Å². The van der Waals surface area contributed by atoms with Gasteiger partial charge in [-0.15, -0.1) is 11.3 Å². The van der Waals surface area contributed by atoms with Gasteiger partial charge in [0.2, 0.25) is 0 Å². The van der Waals surface area contributed by atoms with Gasteiger partial charge in [-0.3, -0.25) is 0 Å². The number of nitrogens with zero attached hydrogens (tertiary/aromatic N) is 1. The van der Waals surface area contributed by atoms with Gasteiger partial charge < -0.3 is 9.32 Å². The Hall–Kier alpha value is -8.50. The molecule has 0 saturated carbocycles. The van der Waals surface area contributed by atoms with E-state index in [2.05, 4.69) is 235 Å². The first-order valence-electron chi connectivity index (χ1n) is 22.8. The summed E-state index contributed by atoms with van der Waals surface area (Å²) in [4.78, 5) is 2.41. The Morgan fingerprint density at radius 2 is 0.716 bits per heavy atom. The van der Waals surface area contributed by atoms with Crippen LogP contribution in [-0.4, -0.2) is 0 Å². The summed E-state index contributed by atoms with van der Waals surface area (Å²) < 4.78 is 8.35. The molecule has 0 radical (unpaired) electrons. The third-order valence-corrected chi connectivity index (χ3v) is 14.5. The van der Waals surface area contributed by atoms with E-state index in [1.165, 1.54) is 85.2 Å².